The summed E-state index contributed by atoms with van der Waals surface area (Å²) in [5.74, 6) is -1.44. The van der Waals surface area contributed by atoms with E-state index in [-0.39, 0.29) is 6.42 Å². The van der Waals surface area contributed by atoms with Crippen LogP contribution in [0.2, 0.25) is 0 Å². The van der Waals surface area contributed by atoms with Gasteiger partial charge in [0.2, 0.25) is 11.7 Å². The van der Waals surface area contributed by atoms with Gasteiger partial charge in [-0.05, 0) is 25.0 Å². The molecule has 0 bridgehead atoms. The predicted octanol–water partition coefficient (Wildman–Crippen LogP) is 0.853. The van der Waals surface area contributed by atoms with E-state index in [4.69, 9.17) is 10.5 Å². The molecule has 1 aliphatic heterocycles. The first-order valence-corrected chi connectivity index (χ1v) is 6.90. The molecule has 1 saturated heterocycles. The molecule has 1 heterocycles. The largest absolute Gasteiger partial charge is 0.379 e. The maximum Gasteiger partial charge on any atom is 0.304 e. The lowest BCUT2D eigenvalue weighted by Gasteiger charge is -2.41. The number of nitrogens with two attached hydrogens (primary N) is 1. The van der Waals surface area contributed by atoms with Gasteiger partial charge in [-0.15, -0.1) is 0 Å². The third-order valence-corrected chi connectivity index (χ3v) is 4.00. The minimum Gasteiger partial charge on any atom is -0.379 e. The molecular formula is C14H18FN3O4. The quantitative estimate of drug-likeness (QED) is 0.642. The molecule has 0 saturated carbocycles. The van der Waals surface area contributed by atoms with E-state index in [1.807, 2.05) is 4.90 Å². The van der Waals surface area contributed by atoms with Crippen molar-refractivity contribution in [3.05, 3.63) is 39.7 Å². The van der Waals surface area contributed by atoms with Gasteiger partial charge < -0.3 is 10.5 Å². The third kappa shape index (κ3) is 3.23. The van der Waals surface area contributed by atoms with Crippen LogP contribution in [0.3, 0.4) is 0 Å². The number of rotatable bonds is 5. The number of nitro benzene ring substituents is 1. The maximum absolute atomic E-state index is 13.7. The van der Waals surface area contributed by atoms with Crippen molar-refractivity contribution in [2.24, 2.45) is 5.73 Å². The molecule has 8 heteroatoms. The Labute approximate surface area is 127 Å². The second-order valence-corrected chi connectivity index (χ2v) is 5.46. The van der Waals surface area contributed by atoms with Gasteiger partial charge in [0.25, 0.3) is 0 Å². The van der Waals surface area contributed by atoms with Gasteiger partial charge in [0.1, 0.15) is 5.54 Å². The molecule has 1 unspecified atom stereocenters. The minimum atomic E-state index is -0.994. The summed E-state index contributed by atoms with van der Waals surface area (Å²) in [7, 11) is 0. The molecule has 22 heavy (non-hydrogen) atoms. The van der Waals surface area contributed by atoms with E-state index in [0.717, 1.165) is 12.1 Å². The summed E-state index contributed by atoms with van der Waals surface area (Å²) in [6.07, 6.45) is 0.178. The lowest BCUT2D eigenvalue weighted by Crippen LogP contribution is -2.60. The van der Waals surface area contributed by atoms with Gasteiger partial charge in [-0.1, -0.05) is 6.07 Å². The van der Waals surface area contributed by atoms with Gasteiger partial charge in [-0.25, -0.2) is 0 Å². The maximum atomic E-state index is 13.7. The lowest BCUT2D eigenvalue weighted by atomic mass is 9.89. The topological polar surface area (TPSA) is 98.7 Å². The highest BCUT2D eigenvalue weighted by Gasteiger charge is 2.38. The van der Waals surface area contributed by atoms with Crippen LogP contribution in [0.5, 0.6) is 0 Å². The van der Waals surface area contributed by atoms with Gasteiger partial charge in [0.05, 0.1) is 18.1 Å². The number of hydrogen-bond donors (Lipinski definition) is 1. The molecule has 120 valence electrons. The molecule has 1 fully saturated rings. The van der Waals surface area contributed by atoms with Crippen LogP contribution in [0.4, 0.5) is 10.1 Å². The number of ether oxygens (including phenoxy) is 1. The van der Waals surface area contributed by atoms with Crippen LogP contribution < -0.4 is 5.73 Å². The fourth-order valence-electron chi connectivity index (χ4n) is 2.62. The van der Waals surface area contributed by atoms with Crippen molar-refractivity contribution >= 4 is 11.6 Å². The molecule has 2 rings (SSSR count). The Bertz CT molecular complexity index is 589. The molecule has 0 aliphatic carbocycles. The lowest BCUT2D eigenvalue weighted by molar-refractivity contribution is -0.387. The van der Waals surface area contributed by atoms with E-state index in [1.54, 1.807) is 6.92 Å². The second kappa shape index (κ2) is 6.37. The number of carbonyl (C=O) groups is 1. The van der Waals surface area contributed by atoms with E-state index >= 15 is 0 Å². The van der Waals surface area contributed by atoms with Crippen LogP contribution in [0, 0.1) is 15.9 Å². The summed E-state index contributed by atoms with van der Waals surface area (Å²) in [6.45, 7) is 3.79. The molecule has 1 atom stereocenters. The molecule has 0 aromatic heterocycles. The van der Waals surface area contributed by atoms with E-state index in [1.165, 1.54) is 6.07 Å². The first-order chi connectivity index (χ1) is 10.3. The Morgan fingerprint density at radius 3 is 2.64 bits per heavy atom. The van der Waals surface area contributed by atoms with E-state index in [2.05, 4.69) is 0 Å². The number of carbonyl (C=O) groups excluding carboxylic acids is 1. The summed E-state index contributed by atoms with van der Waals surface area (Å²) in [5, 5.41) is 10.6. The SMILES string of the molecule is CC(Cc1ccc([N+](=O)[O-])c(F)c1)(C(N)=O)N1CCOCC1. The molecule has 0 radical (unpaired) electrons. The zero-order chi connectivity index (χ0) is 16.3. The number of amides is 1. The summed E-state index contributed by atoms with van der Waals surface area (Å²) >= 11 is 0. The van der Waals surface area contributed by atoms with E-state index < -0.39 is 27.9 Å². The van der Waals surface area contributed by atoms with Crippen LogP contribution in [0.1, 0.15) is 12.5 Å². The predicted molar refractivity (Wildman–Crippen MR) is 76.7 cm³/mol. The van der Waals surface area contributed by atoms with Gasteiger partial charge in [-0.2, -0.15) is 4.39 Å². The van der Waals surface area contributed by atoms with Crippen molar-refractivity contribution in [2.45, 2.75) is 18.9 Å². The van der Waals surface area contributed by atoms with Crippen LogP contribution in [0.15, 0.2) is 18.2 Å². The van der Waals surface area contributed by atoms with Gasteiger partial charge in [-0.3, -0.25) is 19.8 Å². The Kier molecular flexibility index (Phi) is 4.72. The van der Waals surface area contributed by atoms with Crippen LogP contribution in [-0.4, -0.2) is 47.6 Å². The zero-order valence-corrected chi connectivity index (χ0v) is 12.3. The van der Waals surface area contributed by atoms with Crippen molar-refractivity contribution < 1.29 is 18.8 Å². The average Bonchev–Trinajstić information content (AvgIpc) is 2.47. The zero-order valence-electron chi connectivity index (χ0n) is 12.3. The van der Waals surface area contributed by atoms with Crippen molar-refractivity contribution in [2.75, 3.05) is 26.3 Å². The van der Waals surface area contributed by atoms with Gasteiger partial charge in [0.15, 0.2) is 0 Å². The smallest absolute Gasteiger partial charge is 0.304 e. The Balaban J connectivity index is 2.26. The molecular weight excluding hydrogens is 293 g/mol. The Morgan fingerprint density at radius 2 is 2.14 bits per heavy atom. The van der Waals surface area contributed by atoms with Crippen molar-refractivity contribution in [1.82, 2.24) is 4.90 Å². The Morgan fingerprint density at radius 1 is 1.50 bits per heavy atom. The number of hydrogen-bond acceptors (Lipinski definition) is 5. The highest BCUT2D eigenvalue weighted by atomic mass is 19.1. The number of nitro groups is 1. The number of halogens is 1. The van der Waals surface area contributed by atoms with Crippen LogP contribution in [-0.2, 0) is 16.0 Å². The molecule has 1 amide bonds. The molecule has 2 N–H and O–H groups in total. The van der Waals surface area contributed by atoms with Crippen molar-refractivity contribution in [3.8, 4) is 0 Å². The normalized spacial score (nSPS) is 18.6. The van der Waals surface area contributed by atoms with Crippen molar-refractivity contribution in [1.29, 1.82) is 0 Å². The monoisotopic (exact) mass is 311 g/mol. The van der Waals surface area contributed by atoms with Crippen LogP contribution in [0.25, 0.3) is 0 Å². The molecule has 1 aromatic carbocycles. The number of benzene rings is 1. The van der Waals surface area contributed by atoms with E-state index in [9.17, 15) is 19.3 Å². The average molecular weight is 311 g/mol. The first-order valence-electron chi connectivity index (χ1n) is 6.90. The van der Waals surface area contributed by atoms with Crippen LogP contribution >= 0.6 is 0 Å². The standard InChI is InChI=1S/C14H18FN3O4/c1-14(13(16)19,17-4-6-22-7-5-17)9-10-2-3-12(18(20)21)11(15)8-10/h2-3,8H,4-7,9H2,1H3,(H2,16,19). The highest BCUT2D eigenvalue weighted by molar-refractivity contribution is 5.84. The van der Waals surface area contributed by atoms with E-state index in [0.29, 0.717) is 31.9 Å². The highest BCUT2D eigenvalue weighted by Crippen LogP contribution is 2.25. The van der Waals surface area contributed by atoms with Gasteiger partial charge in [0, 0.05) is 19.2 Å². The summed E-state index contributed by atoms with van der Waals surface area (Å²) in [5.41, 5.74) is 4.44. The molecule has 1 aromatic rings. The third-order valence-electron chi connectivity index (χ3n) is 4.00. The first kappa shape index (κ1) is 16.3. The summed E-state index contributed by atoms with van der Waals surface area (Å²) in [6, 6.07) is 3.63. The summed E-state index contributed by atoms with van der Waals surface area (Å²) in [4.78, 5) is 23.7. The minimum absolute atomic E-state index is 0.178. The molecule has 1 aliphatic rings. The number of primary amides is 1. The molecule has 0 spiro atoms. The number of morpholine rings is 1. The number of nitrogens with zero attached hydrogens (tertiary/aromatic N) is 2. The second-order valence-electron chi connectivity index (χ2n) is 5.46. The van der Waals surface area contributed by atoms with Crippen molar-refractivity contribution in [3.63, 3.8) is 0 Å². The fraction of sp³-hybridized carbons (Fsp3) is 0.500. The van der Waals surface area contributed by atoms with Gasteiger partial charge >= 0.3 is 5.69 Å². The molecule has 7 nitrogen and oxygen atoms in total. The Hall–Kier alpha value is -2.06. The fourth-order valence-corrected chi connectivity index (χ4v) is 2.62. The summed E-state index contributed by atoms with van der Waals surface area (Å²) < 4.78 is 19.0.